The van der Waals surface area contributed by atoms with Crippen LogP contribution in [0.1, 0.15) is 29.0 Å². The number of phenolic OH excluding ortho intramolecular Hbond substituents is 1. The Morgan fingerprint density at radius 3 is 2.59 bits per heavy atom. The Bertz CT molecular complexity index is 1050. The molecule has 1 unspecified atom stereocenters. The second kappa shape index (κ2) is 7.67. The van der Waals surface area contributed by atoms with E-state index in [1.807, 2.05) is 24.3 Å². The zero-order chi connectivity index (χ0) is 20.5. The molecule has 1 aliphatic rings. The van der Waals surface area contributed by atoms with E-state index in [4.69, 9.17) is 21.1 Å². The molecular weight excluding hydrogens is 394 g/mol. The Hall–Kier alpha value is -3.19. The molecule has 29 heavy (non-hydrogen) atoms. The van der Waals surface area contributed by atoms with Gasteiger partial charge in [0.05, 0.1) is 27.0 Å². The number of halogens is 1. The number of nitrogens with one attached hydrogen (secondary N) is 1. The standard InChI is InChI=1S/C21H20ClN3O4/c1-28-17-7-13(8-18(29-2)20(17)27)14-9-19(26)24-21-15(14)10-23-25(21)11-12-5-3-4-6-16(12)22/h3-8,10,14,27H,9,11H2,1-2H3,(H,24,26). The molecule has 1 aromatic heterocycles. The first-order valence-corrected chi connectivity index (χ1v) is 9.43. The van der Waals surface area contributed by atoms with Crippen molar-refractivity contribution in [2.45, 2.75) is 18.9 Å². The molecule has 3 aromatic rings. The molecule has 1 aliphatic heterocycles. The number of amides is 1. The van der Waals surface area contributed by atoms with Crippen molar-refractivity contribution >= 4 is 23.3 Å². The smallest absolute Gasteiger partial charge is 0.226 e. The van der Waals surface area contributed by atoms with Crippen LogP contribution in [0.15, 0.2) is 42.6 Å². The first kappa shape index (κ1) is 19.1. The molecule has 1 atom stereocenters. The van der Waals surface area contributed by atoms with Gasteiger partial charge in [0, 0.05) is 22.9 Å². The van der Waals surface area contributed by atoms with Gasteiger partial charge in [-0.15, -0.1) is 0 Å². The van der Waals surface area contributed by atoms with Gasteiger partial charge in [0.1, 0.15) is 5.82 Å². The van der Waals surface area contributed by atoms with Crippen LogP contribution in [-0.2, 0) is 11.3 Å². The second-order valence-corrected chi connectivity index (χ2v) is 7.18. The van der Waals surface area contributed by atoms with Crippen LogP contribution in [0.3, 0.4) is 0 Å². The highest BCUT2D eigenvalue weighted by Crippen LogP contribution is 2.44. The van der Waals surface area contributed by atoms with E-state index >= 15 is 0 Å². The van der Waals surface area contributed by atoms with E-state index < -0.39 is 0 Å². The third-order valence-corrected chi connectivity index (χ3v) is 5.44. The average Bonchev–Trinajstić information content (AvgIpc) is 3.12. The first-order chi connectivity index (χ1) is 14.0. The largest absolute Gasteiger partial charge is 0.502 e. The van der Waals surface area contributed by atoms with Gasteiger partial charge < -0.3 is 19.9 Å². The van der Waals surface area contributed by atoms with Gasteiger partial charge in [0.25, 0.3) is 0 Å². The number of methoxy groups -OCH3 is 2. The SMILES string of the molecule is COc1cc(C2CC(=O)Nc3c2cnn3Cc2ccccc2Cl)cc(OC)c1O. The van der Waals surface area contributed by atoms with E-state index in [9.17, 15) is 9.90 Å². The Labute approximate surface area is 172 Å². The van der Waals surface area contributed by atoms with Gasteiger partial charge in [0.15, 0.2) is 11.5 Å². The number of aromatic nitrogens is 2. The Kier molecular flexibility index (Phi) is 5.07. The summed E-state index contributed by atoms with van der Waals surface area (Å²) in [5.41, 5.74) is 2.58. The zero-order valence-electron chi connectivity index (χ0n) is 16.0. The normalized spacial score (nSPS) is 15.6. The summed E-state index contributed by atoms with van der Waals surface area (Å²) in [4.78, 5) is 12.5. The van der Waals surface area contributed by atoms with Crippen molar-refractivity contribution in [2.24, 2.45) is 0 Å². The van der Waals surface area contributed by atoms with E-state index in [0.717, 1.165) is 16.7 Å². The van der Waals surface area contributed by atoms with Crippen LogP contribution in [0.2, 0.25) is 5.02 Å². The molecule has 0 saturated carbocycles. The molecule has 2 aromatic carbocycles. The summed E-state index contributed by atoms with van der Waals surface area (Å²) in [7, 11) is 2.94. The molecule has 2 heterocycles. The second-order valence-electron chi connectivity index (χ2n) is 6.78. The lowest BCUT2D eigenvalue weighted by Gasteiger charge is -2.25. The minimum Gasteiger partial charge on any atom is -0.502 e. The summed E-state index contributed by atoms with van der Waals surface area (Å²) < 4.78 is 12.3. The molecule has 0 radical (unpaired) electrons. The number of hydrogen-bond donors (Lipinski definition) is 2. The van der Waals surface area contributed by atoms with Gasteiger partial charge in [-0.05, 0) is 29.3 Å². The van der Waals surface area contributed by atoms with Crippen LogP contribution in [0.4, 0.5) is 5.82 Å². The molecular formula is C21H20ClN3O4. The third kappa shape index (κ3) is 3.49. The minimum absolute atomic E-state index is 0.0753. The van der Waals surface area contributed by atoms with Crippen molar-refractivity contribution in [2.75, 3.05) is 19.5 Å². The van der Waals surface area contributed by atoms with Crippen LogP contribution in [-0.4, -0.2) is 35.0 Å². The van der Waals surface area contributed by atoms with Crippen molar-refractivity contribution in [3.05, 3.63) is 64.3 Å². The number of ether oxygens (including phenoxy) is 2. The highest BCUT2D eigenvalue weighted by molar-refractivity contribution is 6.31. The number of carbonyl (C=O) groups excluding carboxylic acids is 1. The number of aromatic hydroxyl groups is 1. The van der Waals surface area contributed by atoms with Crippen molar-refractivity contribution in [3.8, 4) is 17.2 Å². The van der Waals surface area contributed by atoms with Crippen molar-refractivity contribution in [1.82, 2.24) is 9.78 Å². The molecule has 2 N–H and O–H groups in total. The highest BCUT2D eigenvalue weighted by Gasteiger charge is 2.31. The van der Waals surface area contributed by atoms with Gasteiger partial charge in [0.2, 0.25) is 11.7 Å². The fourth-order valence-corrected chi connectivity index (χ4v) is 3.79. The monoisotopic (exact) mass is 413 g/mol. The summed E-state index contributed by atoms with van der Waals surface area (Å²) in [5.74, 6) is 0.771. The molecule has 0 bridgehead atoms. The molecule has 0 aliphatic carbocycles. The first-order valence-electron chi connectivity index (χ1n) is 9.05. The van der Waals surface area contributed by atoms with Crippen molar-refractivity contribution < 1.29 is 19.4 Å². The van der Waals surface area contributed by atoms with Crippen LogP contribution in [0.25, 0.3) is 0 Å². The Morgan fingerprint density at radius 1 is 1.24 bits per heavy atom. The third-order valence-electron chi connectivity index (χ3n) is 5.07. The molecule has 7 nitrogen and oxygen atoms in total. The Balaban J connectivity index is 1.76. The number of carbonyl (C=O) groups is 1. The fourth-order valence-electron chi connectivity index (χ4n) is 3.59. The zero-order valence-corrected chi connectivity index (χ0v) is 16.7. The number of hydrogen-bond acceptors (Lipinski definition) is 5. The predicted molar refractivity (Wildman–Crippen MR) is 109 cm³/mol. The molecule has 0 fully saturated rings. The molecule has 150 valence electrons. The predicted octanol–water partition coefficient (Wildman–Crippen LogP) is 3.78. The lowest BCUT2D eigenvalue weighted by Crippen LogP contribution is -2.25. The van der Waals surface area contributed by atoms with Gasteiger partial charge >= 0.3 is 0 Å². The minimum atomic E-state index is -0.248. The number of rotatable bonds is 5. The van der Waals surface area contributed by atoms with Gasteiger partial charge in [-0.2, -0.15) is 5.10 Å². The van der Waals surface area contributed by atoms with E-state index in [2.05, 4.69) is 10.4 Å². The lowest BCUT2D eigenvalue weighted by molar-refractivity contribution is -0.116. The summed E-state index contributed by atoms with van der Waals surface area (Å²) >= 11 is 6.28. The fraction of sp³-hybridized carbons (Fsp3) is 0.238. The summed E-state index contributed by atoms with van der Waals surface area (Å²) in [6.45, 7) is 0.435. The van der Waals surface area contributed by atoms with Crippen molar-refractivity contribution in [3.63, 3.8) is 0 Å². The maximum Gasteiger partial charge on any atom is 0.226 e. The van der Waals surface area contributed by atoms with Gasteiger partial charge in [-0.25, -0.2) is 4.68 Å². The average molecular weight is 414 g/mol. The number of anilines is 1. The quantitative estimate of drug-likeness (QED) is 0.664. The van der Waals surface area contributed by atoms with E-state index in [1.165, 1.54) is 14.2 Å². The van der Waals surface area contributed by atoms with Crippen LogP contribution in [0.5, 0.6) is 17.2 Å². The number of nitrogens with zero attached hydrogens (tertiary/aromatic N) is 2. The summed E-state index contributed by atoms with van der Waals surface area (Å²) in [5, 5.41) is 18.2. The number of benzene rings is 2. The topological polar surface area (TPSA) is 85.6 Å². The molecule has 8 heteroatoms. The number of fused-ring (bicyclic) bond motifs is 1. The maximum absolute atomic E-state index is 12.5. The molecule has 0 spiro atoms. The van der Waals surface area contributed by atoms with Crippen LogP contribution < -0.4 is 14.8 Å². The Morgan fingerprint density at radius 2 is 1.93 bits per heavy atom. The van der Waals surface area contributed by atoms with Crippen LogP contribution in [0, 0.1) is 0 Å². The number of phenols is 1. The maximum atomic E-state index is 12.5. The summed E-state index contributed by atoms with van der Waals surface area (Å²) in [6, 6.07) is 11.0. The van der Waals surface area contributed by atoms with E-state index in [1.54, 1.807) is 23.0 Å². The van der Waals surface area contributed by atoms with Crippen LogP contribution >= 0.6 is 11.6 Å². The molecule has 4 rings (SSSR count). The van der Waals surface area contributed by atoms with Gasteiger partial charge in [-0.3, -0.25) is 4.79 Å². The lowest BCUT2D eigenvalue weighted by atomic mass is 9.87. The van der Waals surface area contributed by atoms with E-state index in [0.29, 0.717) is 17.4 Å². The molecule has 0 saturated heterocycles. The molecule has 1 amide bonds. The summed E-state index contributed by atoms with van der Waals surface area (Å²) in [6.07, 6.45) is 2.00. The highest BCUT2D eigenvalue weighted by atomic mass is 35.5. The van der Waals surface area contributed by atoms with Gasteiger partial charge in [-0.1, -0.05) is 29.8 Å². The van der Waals surface area contributed by atoms with Crippen molar-refractivity contribution in [1.29, 1.82) is 0 Å². The van der Waals surface area contributed by atoms with E-state index in [-0.39, 0.29) is 35.5 Å².